The Morgan fingerprint density at radius 2 is 1.57 bits per heavy atom. The van der Waals surface area contributed by atoms with Crippen molar-refractivity contribution >= 4 is 23.2 Å². The van der Waals surface area contributed by atoms with Crippen molar-refractivity contribution in [3.8, 4) is 0 Å². The molecule has 1 aromatic heterocycles. The first-order chi connectivity index (χ1) is 13.2. The quantitative estimate of drug-likeness (QED) is 0.872. The number of rotatable bonds is 3. The molecule has 2 aromatic rings. The number of benzene rings is 1. The lowest BCUT2D eigenvalue weighted by atomic mass is 10.2. The first kappa shape index (κ1) is 19.7. The molecule has 1 aromatic carbocycles. The zero-order valence-electron chi connectivity index (χ0n) is 15.2. The molecule has 0 aliphatic carbocycles. The average molecular weight is 392 g/mol. The molecule has 0 atom stereocenters. The summed E-state index contributed by atoms with van der Waals surface area (Å²) in [5.41, 5.74) is 0.584. The molecule has 1 aliphatic heterocycles. The number of aromatic nitrogens is 1. The summed E-state index contributed by atoms with van der Waals surface area (Å²) in [6, 6.07) is 6.21. The summed E-state index contributed by atoms with van der Waals surface area (Å²) < 4.78 is 37.9. The standard InChI is InChI=1S/C19H19F3N4O2/c1-13(27)25-6-8-26(9-7-25)18(28)14-10-17(12-23-11-14)24-16-4-2-15(3-5-16)19(20,21)22/h2-5,10-12,24H,6-9H2,1H3. The van der Waals surface area contributed by atoms with Crippen molar-refractivity contribution in [3.05, 3.63) is 53.9 Å². The summed E-state index contributed by atoms with van der Waals surface area (Å²) in [5.74, 6) is -0.219. The summed E-state index contributed by atoms with van der Waals surface area (Å²) in [7, 11) is 0. The molecule has 3 rings (SSSR count). The van der Waals surface area contributed by atoms with E-state index in [-0.39, 0.29) is 11.8 Å². The van der Waals surface area contributed by atoms with E-state index in [1.54, 1.807) is 15.9 Å². The Hall–Kier alpha value is -3.10. The molecule has 1 fully saturated rings. The Bertz CT molecular complexity index is 860. The number of nitrogens with one attached hydrogen (secondary N) is 1. The number of alkyl halides is 3. The summed E-state index contributed by atoms with van der Waals surface area (Å²) in [4.78, 5) is 31.4. The molecule has 0 spiro atoms. The van der Waals surface area contributed by atoms with E-state index in [0.29, 0.717) is 43.1 Å². The Kier molecular flexibility index (Phi) is 5.53. The maximum absolute atomic E-state index is 12.7. The van der Waals surface area contributed by atoms with Gasteiger partial charge in [-0.05, 0) is 30.3 Å². The van der Waals surface area contributed by atoms with Crippen molar-refractivity contribution in [2.75, 3.05) is 31.5 Å². The average Bonchev–Trinajstić information content (AvgIpc) is 2.67. The summed E-state index contributed by atoms with van der Waals surface area (Å²) in [6.07, 6.45) is -1.46. The third kappa shape index (κ3) is 4.59. The van der Waals surface area contributed by atoms with Crippen LogP contribution in [0.2, 0.25) is 0 Å². The van der Waals surface area contributed by atoms with Crippen molar-refractivity contribution in [1.29, 1.82) is 0 Å². The van der Waals surface area contributed by atoms with E-state index in [0.717, 1.165) is 12.1 Å². The Balaban J connectivity index is 1.67. The summed E-state index contributed by atoms with van der Waals surface area (Å²) in [5, 5.41) is 2.95. The number of amides is 2. The lowest BCUT2D eigenvalue weighted by Crippen LogP contribution is -2.50. The number of carbonyl (C=O) groups is 2. The van der Waals surface area contributed by atoms with Crippen LogP contribution in [-0.4, -0.2) is 52.8 Å². The minimum Gasteiger partial charge on any atom is -0.354 e. The maximum Gasteiger partial charge on any atom is 0.416 e. The molecule has 6 nitrogen and oxygen atoms in total. The van der Waals surface area contributed by atoms with Crippen LogP contribution < -0.4 is 5.32 Å². The van der Waals surface area contributed by atoms with Gasteiger partial charge in [0.25, 0.3) is 5.91 Å². The number of pyridine rings is 1. The fourth-order valence-corrected chi connectivity index (χ4v) is 2.94. The van der Waals surface area contributed by atoms with Crippen LogP contribution in [0.3, 0.4) is 0 Å². The van der Waals surface area contributed by atoms with Gasteiger partial charge in [0, 0.05) is 45.0 Å². The minimum absolute atomic E-state index is 0.0171. The van der Waals surface area contributed by atoms with Gasteiger partial charge in [0.1, 0.15) is 0 Å². The van der Waals surface area contributed by atoms with Crippen LogP contribution in [-0.2, 0) is 11.0 Å². The lowest BCUT2D eigenvalue weighted by molar-refractivity contribution is -0.137. The smallest absolute Gasteiger partial charge is 0.354 e. The number of halogens is 3. The zero-order chi connectivity index (χ0) is 20.3. The van der Waals surface area contributed by atoms with Gasteiger partial charge in [0.15, 0.2) is 0 Å². The SMILES string of the molecule is CC(=O)N1CCN(C(=O)c2cncc(Nc3ccc(C(F)(F)F)cc3)c2)CC1. The highest BCUT2D eigenvalue weighted by Crippen LogP contribution is 2.30. The van der Waals surface area contributed by atoms with Gasteiger partial charge in [-0.3, -0.25) is 14.6 Å². The Morgan fingerprint density at radius 1 is 0.964 bits per heavy atom. The van der Waals surface area contributed by atoms with E-state index >= 15 is 0 Å². The first-order valence-corrected chi connectivity index (χ1v) is 8.68. The predicted molar refractivity (Wildman–Crippen MR) is 97.1 cm³/mol. The van der Waals surface area contributed by atoms with Gasteiger partial charge < -0.3 is 15.1 Å². The highest BCUT2D eigenvalue weighted by atomic mass is 19.4. The predicted octanol–water partition coefficient (Wildman–Crippen LogP) is 3.15. The van der Waals surface area contributed by atoms with Crippen LogP contribution in [0.15, 0.2) is 42.7 Å². The molecule has 1 N–H and O–H groups in total. The van der Waals surface area contributed by atoms with Crippen LogP contribution in [0.4, 0.5) is 24.5 Å². The van der Waals surface area contributed by atoms with Crippen molar-refractivity contribution in [2.24, 2.45) is 0 Å². The monoisotopic (exact) mass is 392 g/mol. The number of hydrogen-bond acceptors (Lipinski definition) is 4. The molecular formula is C19H19F3N4O2. The highest BCUT2D eigenvalue weighted by Gasteiger charge is 2.30. The maximum atomic E-state index is 12.7. The van der Waals surface area contributed by atoms with Gasteiger partial charge in [-0.2, -0.15) is 13.2 Å². The van der Waals surface area contributed by atoms with E-state index in [1.165, 1.54) is 31.5 Å². The molecule has 28 heavy (non-hydrogen) atoms. The van der Waals surface area contributed by atoms with Gasteiger partial charge in [0.2, 0.25) is 5.91 Å². The largest absolute Gasteiger partial charge is 0.416 e. The molecule has 1 saturated heterocycles. The molecule has 0 bridgehead atoms. The highest BCUT2D eigenvalue weighted by molar-refractivity contribution is 5.95. The Morgan fingerprint density at radius 3 is 2.14 bits per heavy atom. The molecule has 9 heteroatoms. The molecule has 2 heterocycles. The molecule has 0 radical (unpaired) electrons. The van der Waals surface area contributed by atoms with E-state index < -0.39 is 11.7 Å². The molecule has 2 amide bonds. The van der Waals surface area contributed by atoms with Gasteiger partial charge in [-0.15, -0.1) is 0 Å². The van der Waals surface area contributed by atoms with Crippen molar-refractivity contribution in [2.45, 2.75) is 13.1 Å². The molecule has 0 saturated carbocycles. The second-order valence-corrected chi connectivity index (χ2v) is 6.46. The normalized spacial score (nSPS) is 14.7. The van der Waals surface area contributed by atoms with Crippen LogP contribution in [0, 0.1) is 0 Å². The van der Waals surface area contributed by atoms with E-state index in [1.807, 2.05) is 0 Å². The number of piperazine rings is 1. The van der Waals surface area contributed by atoms with Crippen LogP contribution in [0.25, 0.3) is 0 Å². The summed E-state index contributed by atoms with van der Waals surface area (Å²) in [6.45, 7) is 3.34. The summed E-state index contributed by atoms with van der Waals surface area (Å²) >= 11 is 0. The van der Waals surface area contributed by atoms with E-state index in [2.05, 4.69) is 10.3 Å². The van der Waals surface area contributed by atoms with Crippen LogP contribution in [0.1, 0.15) is 22.8 Å². The lowest BCUT2D eigenvalue weighted by Gasteiger charge is -2.34. The first-order valence-electron chi connectivity index (χ1n) is 8.68. The molecule has 148 valence electrons. The van der Waals surface area contributed by atoms with Crippen molar-refractivity contribution < 1.29 is 22.8 Å². The van der Waals surface area contributed by atoms with Gasteiger partial charge in [-0.25, -0.2) is 0 Å². The third-order valence-electron chi connectivity index (χ3n) is 4.50. The fourth-order valence-electron chi connectivity index (χ4n) is 2.94. The van der Waals surface area contributed by atoms with E-state index in [4.69, 9.17) is 0 Å². The molecule has 1 aliphatic rings. The number of carbonyl (C=O) groups excluding carboxylic acids is 2. The zero-order valence-corrected chi connectivity index (χ0v) is 15.2. The molecular weight excluding hydrogens is 373 g/mol. The Labute approximate surface area is 160 Å². The van der Waals surface area contributed by atoms with Gasteiger partial charge in [-0.1, -0.05) is 0 Å². The number of nitrogens with zero attached hydrogens (tertiary/aromatic N) is 3. The fraction of sp³-hybridized carbons (Fsp3) is 0.316. The van der Waals surface area contributed by atoms with Crippen molar-refractivity contribution in [3.63, 3.8) is 0 Å². The van der Waals surface area contributed by atoms with E-state index in [9.17, 15) is 22.8 Å². The second kappa shape index (κ2) is 7.87. The van der Waals surface area contributed by atoms with Crippen molar-refractivity contribution in [1.82, 2.24) is 14.8 Å². The van der Waals surface area contributed by atoms with Gasteiger partial charge in [0.05, 0.1) is 23.0 Å². The third-order valence-corrected chi connectivity index (χ3v) is 4.50. The minimum atomic E-state index is -4.39. The number of anilines is 2. The number of hydrogen-bond donors (Lipinski definition) is 1. The van der Waals surface area contributed by atoms with Crippen LogP contribution in [0.5, 0.6) is 0 Å². The molecule has 0 unspecified atom stereocenters. The van der Waals surface area contributed by atoms with Crippen LogP contribution >= 0.6 is 0 Å². The second-order valence-electron chi connectivity index (χ2n) is 6.46. The van der Waals surface area contributed by atoms with Gasteiger partial charge >= 0.3 is 6.18 Å². The topological polar surface area (TPSA) is 65.5 Å².